The first-order valence-electron chi connectivity index (χ1n) is 5.61. The second-order valence-corrected chi connectivity index (χ2v) is 3.23. The van der Waals surface area contributed by atoms with E-state index in [1.807, 2.05) is 32.0 Å². The standard InChI is InChI=1S/C10H14N2O.C2H6/c13-10-4-2-1-3-9(10)12-7-5-11-6-8-12;1-2/h1-4,11,13H,5-8H2;1-2H3. The molecule has 0 spiro atoms. The van der Waals surface area contributed by atoms with Crippen LogP contribution in [0.2, 0.25) is 0 Å². The van der Waals surface area contributed by atoms with Gasteiger partial charge in [0.1, 0.15) is 5.75 Å². The monoisotopic (exact) mass is 208 g/mol. The Kier molecular flexibility index (Phi) is 4.98. The summed E-state index contributed by atoms with van der Waals surface area (Å²) in [7, 11) is 0. The highest BCUT2D eigenvalue weighted by Gasteiger charge is 2.12. The Hall–Kier alpha value is -1.22. The van der Waals surface area contributed by atoms with Crippen LogP contribution in [0.25, 0.3) is 0 Å². The van der Waals surface area contributed by atoms with Crippen LogP contribution in [0.1, 0.15) is 13.8 Å². The van der Waals surface area contributed by atoms with Crippen LogP contribution in [0.4, 0.5) is 5.69 Å². The molecule has 1 aromatic rings. The number of nitrogens with one attached hydrogen (secondary N) is 1. The van der Waals surface area contributed by atoms with Gasteiger partial charge in [-0.15, -0.1) is 0 Å². The minimum atomic E-state index is 0.379. The van der Waals surface area contributed by atoms with Gasteiger partial charge in [-0.2, -0.15) is 0 Å². The molecule has 0 saturated carbocycles. The molecule has 84 valence electrons. The van der Waals surface area contributed by atoms with Crippen LogP contribution in [0, 0.1) is 0 Å². The smallest absolute Gasteiger partial charge is 0.138 e. The van der Waals surface area contributed by atoms with Gasteiger partial charge in [0.25, 0.3) is 0 Å². The lowest BCUT2D eigenvalue weighted by atomic mass is 10.2. The average Bonchev–Trinajstić information content (AvgIpc) is 2.33. The number of hydrogen-bond acceptors (Lipinski definition) is 3. The highest BCUT2D eigenvalue weighted by molar-refractivity contribution is 5.57. The Bertz CT molecular complexity index is 283. The Balaban J connectivity index is 0.000000531. The topological polar surface area (TPSA) is 35.5 Å². The number of para-hydroxylation sites is 2. The molecule has 0 unspecified atom stereocenters. The van der Waals surface area contributed by atoms with Gasteiger partial charge in [0.15, 0.2) is 0 Å². The van der Waals surface area contributed by atoms with Crippen LogP contribution in [0.3, 0.4) is 0 Å². The van der Waals surface area contributed by atoms with Crippen molar-refractivity contribution in [1.29, 1.82) is 0 Å². The fourth-order valence-corrected chi connectivity index (χ4v) is 1.64. The van der Waals surface area contributed by atoms with Crippen LogP contribution in [-0.4, -0.2) is 31.3 Å². The summed E-state index contributed by atoms with van der Waals surface area (Å²) < 4.78 is 0. The zero-order chi connectivity index (χ0) is 11.1. The van der Waals surface area contributed by atoms with Crippen LogP contribution >= 0.6 is 0 Å². The van der Waals surface area contributed by atoms with Gasteiger partial charge in [-0.05, 0) is 12.1 Å². The molecule has 2 rings (SSSR count). The highest BCUT2D eigenvalue weighted by Crippen LogP contribution is 2.26. The van der Waals surface area contributed by atoms with Crippen molar-refractivity contribution in [1.82, 2.24) is 5.32 Å². The number of nitrogens with zero attached hydrogens (tertiary/aromatic N) is 1. The molecule has 0 atom stereocenters. The first-order chi connectivity index (χ1) is 7.38. The summed E-state index contributed by atoms with van der Waals surface area (Å²) >= 11 is 0. The lowest BCUT2D eigenvalue weighted by Gasteiger charge is -2.29. The molecule has 0 aromatic heterocycles. The van der Waals surface area contributed by atoms with Gasteiger partial charge in [0, 0.05) is 26.2 Å². The van der Waals surface area contributed by atoms with Gasteiger partial charge in [-0.25, -0.2) is 0 Å². The van der Waals surface area contributed by atoms with Crippen LogP contribution < -0.4 is 10.2 Å². The van der Waals surface area contributed by atoms with E-state index < -0.39 is 0 Å². The highest BCUT2D eigenvalue weighted by atomic mass is 16.3. The molecule has 3 nitrogen and oxygen atoms in total. The zero-order valence-electron chi connectivity index (χ0n) is 9.53. The molecule has 1 aliphatic heterocycles. The van der Waals surface area contributed by atoms with Gasteiger partial charge in [0.05, 0.1) is 5.69 Å². The molecule has 0 radical (unpaired) electrons. The van der Waals surface area contributed by atoms with Crippen molar-refractivity contribution in [2.45, 2.75) is 13.8 Å². The predicted molar refractivity (Wildman–Crippen MR) is 64.5 cm³/mol. The maximum Gasteiger partial charge on any atom is 0.138 e. The van der Waals surface area contributed by atoms with Gasteiger partial charge in [-0.3, -0.25) is 0 Å². The van der Waals surface area contributed by atoms with Crippen molar-refractivity contribution >= 4 is 5.69 Å². The van der Waals surface area contributed by atoms with Crippen molar-refractivity contribution in [3.63, 3.8) is 0 Å². The summed E-state index contributed by atoms with van der Waals surface area (Å²) in [6.07, 6.45) is 0. The maximum atomic E-state index is 9.60. The SMILES string of the molecule is CC.Oc1ccccc1N1CCNCC1. The number of piperazine rings is 1. The van der Waals surface area contributed by atoms with Crippen molar-refractivity contribution in [2.24, 2.45) is 0 Å². The Morgan fingerprint density at radius 2 is 1.73 bits per heavy atom. The fraction of sp³-hybridized carbons (Fsp3) is 0.500. The summed E-state index contributed by atoms with van der Waals surface area (Å²) in [4.78, 5) is 2.20. The molecule has 15 heavy (non-hydrogen) atoms. The Labute approximate surface area is 91.7 Å². The molecule has 2 N–H and O–H groups in total. The van der Waals surface area contributed by atoms with Crippen LogP contribution in [-0.2, 0) is 0 Å². The molecule has 1 saturated heterocycles. The molecule has 0 aliphatic carbocycles. The number of anilines is 1. The Morgan fingerprint density at radius 3 is 2.33 bits per heavy atom. The Morgan fingerprint density at radius 1 is 1.13 bits per heavy atom. The second-order valence-electron chi connectivity index (χ2n) is 3.23. The molecule has 1 heterocycles. The third-order valence-electron chi connectivity index (χ3n) is 2.34. The van der Waals surface area contributed by atoms with Gasteiger partial charge in [0.2, 0.25) is 0 Å². The lowest BCUT2D eigenvalue weighted by Crippen LogP contribution is -2.43. The van der Waals surface area contributed by atoms with Gasteiger partial charge in [-0.1, -0.05) is 26.0 Å². The molecule has 0 amide bonds. The molecule has 0 bridgehead atoms. The van der Waals surface area contributed by atoms with E-state index in [1.165, 1.54) is 0 Å². The fourth-order valence-electron chi connectivity index (χ4n) is 1.64. The van der Waals surface area contributed by atoms with E-state index in [4.69, 9.17) is 0 Å². The van der Waals surface area contributed by atoms with E-state index in [1.54, 1.807) is 6.07 Å². The lowest BCUT2D eigenvalue weighted by molar-refractivity contribution is 0.470. The van der Waals surface area contributed by atoms with Crippen molar-refractivity contribution in [3.8, 4) is 5.75 Å². The molecule has 1 fully saturated rings. The van der Waals surface area contributed by atoms with E-state index in [2.05, 4.69) is 10.2 Å². The third kappa shape index (κ3) is 3.13. The molecule has 1 aliphatic rings. The van der Waals surface area contributed by atoms with Crippen molar-refractivity contribution in [3.05, 3.63) is 24.3 Å². The summed E-state index contributed by atoms with van der Waals surface area (Å²) in [5, 5.41) is 12.9. The van der Waals surface area contributed by atoms with Crippen molar-refractivity contribution in [2.75, 3.05) is 31.1 Å². The predicted octanol–water partition coefficient (Wildman–Crippen LogP) is 1.83. The summed E-state index contributed by atoms with van der Waals surface area (Å²) in [6, 6.07) is 7.50. The van der Waals surface area contributed by atoms with E-state index in [9.17, 15) is 5.11 Å². The largest absolute Gasteiger partial charge is 0.506 e. The average molecular weight is 208 g/mol. The quantitative estimate of drug-likeness (QED) is 0.739. The van der Waals surface area contributed by atoms with E-state index in [-0.39, 0.29) is 0 Å². The van der Waals surface area contributed by atoms with E-state index >= 15 is 0 Å². The first kappa shape index (κ1) is 11.9. The maximum absolute atomic E-state index is 9.60. The van der Waals surface area contributed by atoms with Crippen LogP contribution in [0.5, 0.6) is 5.75 Å². The number of rotatable bonds is 1. The molecule has 3 heteroatoms. The number of aromatic hydroxyl groups is 1. The van der Waals surface area contributed by atoms with Crippen LogP contribution in [0.15, 0.2) is 24.3 Å². The third-order valence-corrected chi connectivity index (χ3v) is 2.34. The summed E-state index contributed by atoms with van der Waals surface area (Å²) in [5.41, 5.74) is 0.948. The molecule has 1 aromatic carbocycles. The van der Waals surface area contributed by atoms with E-state index in [0.29, 0.717) is 5.75 Å². The second kappa shape index (κ2) is 6.30. The summed E-state index contributed by atoms with van der Waals surface area (Å²) in [6.45, 7) is 7.93. The van der Waals surface area contributed by atoms with E-state index in [0.717, 1.165) is 31.9 Å². The number of hydrogen-bond donors (Lipinski definition) is 2. The zero-order valence-corrected chi connectivity index (χ0v) is 9.53. The molecular weight excluding hydrogens is 188 g/mol. The number of phenolic OH excluding ortho intramolecular Hbond substituents is 1. The molecular formula is C12H20N2O. The van der Waals surface area contributed by atoms with Crippen molar-refractivity contribution < 1.29 is 5.11 Å². The first-order valence-corrected chi connectivity index (χ1v) is 5.61. The van der Waals surface area contributed by atoms with Gasteiger partial charge < -0.3 is 15.3 Å². The number of benzene rings is 1. The minimum Gasteiger partial charge on any atom is -0.506 e. The number of phenols is 1. The summed E-state index contributed by atoms with van der Waals surface area (Å²) in [5.74, 6) is 0.379. The normalized spacial score (nSPS) is 15.5. The minimum absolute atomic E-state index is 0.379. The van der Waals surface area contributed by atoms with Gasteiger partial charge >= 0.3 is 0 Å².